The van der Waals surface area contributed by atoms with Crippen molar-refractivity contribution in [3.8, 4) is 0 Å². The first kappa shape index (κ1) is 12.4. The summed E-state index contributed by atoms with van der Waals surface area (Å²) in [5.41, 5.74) is 6.05. The van der Waals surface area contributed by atoms with Crippen molar-refractivity contribution in [3.63, 3.8) is 0 Å². The number of amides is 2. The van der Waals surface area contributed by atoms with Gasteiger partial charge in [-0.15, -0.1) is 0 Å². The highest BCUT2D eigenvalue weighted by molar-refractivity contribution is 7.17. The number of anilines is 1. The van der Waals surface area contributed by atoms with Crippen LogP contribution in [-0.4, -0.2) is 42.3 Å². The third-order valence-corrected chi connectivity index (χ3v) is 2.90. The summed E-state index contributed by atoms with van der Waals surface area (Å²) in [7, 11) is 3.26. The lowest BCUT2D eigenvalue weighted by Gasteiger charge is -2.10. The number of aryl methyl sites for hydroxylation is 1. The maximum atomic E-state index is 11.6. The molecule has 0 saturated heterocycles. The third-order valence-electron chi connectivity index (χ3n) is 1.92. The zero-order chi connectivity index (χ0) is 12.3. The van der Waals surface area contributed by atoms with Crippen LogP contribution >= 0.6 is 11.3 Å². The molecule has 0 aliphatic rings. The molecule has 0 aromatic carbocycles. The molecule has 7 heteroatoms. The average Bonchev–Trinajstić information content (AvgIpc) is 2.53. The molecular formula is C9H14N4O2S. The number of hydrogen-bond acceptors (Lipinski definition) is 5. The lowest BCUT2D eigenvalue weighted by atomic mass is 10.3. The molecule has 1 aromatic rings. The molecule has 1 rings (SSSR count). The molecule has 6 nitrogen and oxygen atoms in total. The largest absolute Gasteiger partial charge is 0.375 e. The number of carbonyl (C=O) groups is 2. The van der Waals surface area contributed by atoms with Crippen LogP contribution in [0.4, 0.5) is 5.13 Å². The van der Waals surface area contributed by atoms with Crippen molar-refractivity contribution in [1.82, 2.24) is 15.2 Å². The van der Waals surface area contributed by atoms with Crippen molar-refractivity contribution in [2.24, 2.45) is 0 Å². The Labute approximate surface area is 97.5 Å². The summed E-state index contributed by atoms with van der Waals surface area (Å²) in [5, 5.41) is 2.87. The number of nitrogens with one attached hydrogen (secondary N) is 1. The van der Waals surface area contributed by atoms with Crippen LogP contribution in [0.25, 0.3) is 0 Å². The van der Waals surface area contributed by atoms with Gasteiger partial charge in [-0.25, -0.2) is 4.98 Å². The molecule has 0 fully saturated rings. The van der Waals surface area contributed by atoms with E-state index in [4.69, 9.17) is 5.73 Å². The van der Waals surface area contributed by atoms with Crippen LogP contribution in [0.5, 0.6) is 0 Å². The van der Waals surface area contributed by atoms with Crippen molar-refractivity contribution < 1.29 is 9.59 Å². The summed E-state index contributed by atoms with van der Waals surface area (Å²) < 4.78 is 0. The number of nitrogens with zero attached hydrogens (tertiary/aromatic N) is 2. The van der Waals surface area contributed by atoms with Crippen LogP contribution in [0.3, 0.4) is 0 Å². The molecule has 0 saturated carbocycles. The van der Waals surface area contributed by atoms with Gasteiger partial charge in [0.25, 0.3) is 5.91 Å². The van der Waals surface area contributed by atoms with Gasteiger partial charge in [0.1, 0.15) is 4.88 Å². The molecule has 16 heavy (non-hydrogen) atoms. The van der Waals surface area contributed by atoms with E-state index in [9.17, 15) is 9.59 Å². The normalized spacial score (nSPS) is 9.94. The van der Waals surface area contributed by atoms with Gasteiger partial charge < -0.3 is 16.0 Å². The van der Waals surface area contributed by atoms with Crippen LogP contribution in [0.2, 0.25) is 0 Å². The molecule has 1 aromatic heterocycles. The van der Waals surface area contributed by atoms with E-state index in [0.717, 1.165) is 11.3 Å². The number of thiazole rings is 1. The van der Waals surface area contributed by atoms with Crippen LogP contribution in [-0.2, 0) is 4.79 Å². The lowest BCUT2D eigenvalue weighted by Crippen LogP contribution is -2.36. The second-order valence-corrected chi connectivity index (χ2v) is 4.47. The highest BCUT2D eigenvalue weighted by atomic mass is 32.1. The molecule has 88 valence electrons. The van der Waals surface area contributed by atoms with Gasteiger partial charge in [-0.2, -0.15) is 0 Å². The average molecular weight is 242 g/mol. The Morgan fingerprint density at radius 3 is 2.56 bits per heavy atom. The van der Waals surface area contributed by atoms with Crippen molar-refractivity contribution in [2.75, 3.05) is 26.4 Å². The zero-order valence-electron chi connectivity index (χ0n) is 9.40. The molecule has 0 radical (unpaired) electrons. The number of rotatable bonds is 3. The zero-order valence-corrected chi connectivity index (χ0v) is 10.2. The predicted octanol–water partition coefficient (Wildman–Crippen LogP) is -0.148. The summed E-state index contributed by atoms with van der Waals surface area (Å²) in [5.74, 6) is -0.481. The van der Waals surface area contributed by atoms with Gasteiger partial charge in [-0.1, -0.05) is 11.3 Å². The van der Waals surface area contributed by atoms with Crippen LogP contribution in [0, 0.1) is 6.92 Å². The number of nitrogens with two attached hydrogens (primary N) is 1. The maximum absolute atomic E-state index is 11.6. The van der Waals surface area contributed by atoms with E-state index in [0.29, 0.717) is 15.7 Å². The van der Waals surface area contributed by atoms with Gasteiger partial charge in [0.05, 0.1) is 12.2 Å². The van der Waals surface area contributed by atoms with Crippen molar-refractivity contribution >= 4 is 28.3 Å². The first-order chi connectivity index (χ1) is 7.41. The molecule has 0 aliphatic heterocycles. The molecule has 1 heterocycles. The molecule has 0 unspecified atom stereocenters. The van der Waals surface area contributed by atoms with Gasteiger partial charge in [0, 0.05) is 14.1 Å². The Bertz CT molecular complexity index is 414. The maximum Gasteiger partial charge on any atom is 0.263 e. The van der Waals surface area contributed by atoms with Gasteiger partial charge in [0.15, 0.2) is 5.13 Å². The lowest BCUT2D eigenvalue weighted by molar-refractivity contribution is -0.127. The fraction of sp³-hybridized carbons (Fsp3) is 0.444. The Morgan fingerprint density at radius 2 is 2.12 bits per heavy atom. The number of likely N-dealkylation sites (N-methyl/N-ethyl adjacent to an activating group) is 1. The van der Waals surface area contributed by atoms with E-state index < -0.39 is 0 Å². The minimum atomic E-state index is -0.318. The minimum absolute atomic E-state index is 0.0247. The molecule has 0 bridgehead atoms. The van der Waals surface area contributed by atoms with Gasteiger partial charge in [-0.3, -0.25) is 9.59 Å². The Hall–Kier alpha value is -1.63. The second kappa shape index (κ2) is 4.93. The SMILES string of the molecule is Cc1nc(N)sc1C(=O)NCC(=O)N(C)C. The van der Waals surface area contributed by atoms with E-state index in [1.807, 2.05) is 0 Å². The molecule has 3 N–H and O–H groups in total. The smallest absolute Gasteiger partial charge is 0.263 e. The standard InChI is InChI=1S/C9H14N4O2S/c1-5-7(16-9(10)12-5)8(15)11-4-6(14)13(2)3/h4H2,1-3H3,(H2,10,12)(H,11,15). The summed E-state index contributed by atoms with van der Waals surface area (Å²) in [6.07, 6.45) is 0. The molecular weight excluding hydrogens is 228 g/mol. The first-order valence-corrected chi connectivity index (χ1v) is 5.44. The van der Waals surface area contributed by atoms with E-state index in [-0.39, 0.29) is 18.4 Å². The fourth-order valence-corrected chi connectivity index (χ4v) is 1.77. The molecule has 0 atom stereocenters. The number of carbonyl (C=O) groups excluding carboxylic acids is 2. The monoisotopic (exact) mass is 242 g/mol. The van der Waals surface area contributed by atoms with Crippen LogP contribution in [0.15, 0.2) is 0 Å². The van der Waals surface area contributed by atoms with Crippen LogP contribution in [0.1, 0.15) is 15.4 Å². The van der Waals surface area contributed by atoms with Gasteiger partial charge in [-0.05, 0) is 6.92 Å². The van der Waals surface area contributed by atoms with Gasteiger partial charge >= 0.3 is 0 Å². The number of nitrogen functional groups attached to an aromatic ring is 1. The summed E-state index contributed by atoms with van der Waals surface area (Å²) in [6.45, 7) is 1.68. The second-order valence-electron chi connectivity index (χ2n) is 3.44. The fourth-order valence-electron chi connectivity index (χ4n) is 1.02. The molecule has 0 spiro atoms. The third kappa shape index (κ3) is 2.93. The Kier molecular flexibility index (Phi) is 3.83. The summed E-state index contributed by atoms with van der Waals surface area (Å²) in [6, 6.07) is 0. The molecule has 2 amide bonds. The summed E-state index contributed by atoms with van der Waals surface area (Å²) >= 11 is 1.11. The van der Waals surface area contributed by atoms with E-state index in [1.54, 1.807) is 21.0 Å². The highest BCUT2D eigenvalue weighted by Crippen LogP contribution is 2.18. The minimum Gasteiger partial charge on any atom is -0.375 e. The van der Waals surface area contributed by atoms with E-state index in [2.05, 4.69) is 10.3 Å². The van der Waals surface area contributed by atoms with Crippen molar-refractivity contribution in [3.05, 3.63) is 10.6 Å². The Morgan fingerprint density at radius 1 is 1.50 bits per heavy atom. The highest BCUT2D eigenvalue weighted by Gasteiger charge is 2.15. The molecule has 0 aliphatic carbocycles. The van der Waals surface area contributed by atoms with Crippen molar-refractivity contribution in [1.29, 1.82) is 0 Å². The van der Waals surface area contributed by atoms with Gasteiger partial charge in [0.2, 0.25) is 5.91 Å². The number of hydrogen-bond donors (Lipinski definition) is 2. The quantitative estimate of drug-likeness (QED) is 0.771. The summed E-state index contributed by atoms with van der Waals surface area (Å²) in [4.78, 5) is 28.7. The van der Waals surface area contributed by atoms with Crippen LogP contribution < -0.4 is 11.1 Å². The predicted molar refractivity (Wildman–Crippen MR) is 62.3 cm³/mol. The number of aromatic nitrogens is 1. The Balaban J connectivity index is 2.60. The topological polar surface area (TPSA) is 88.3 Å². The first-order valence-electron chi connectivity index (χ1n) is 4.63. The van der Waals surface area contributed by atoms with E-state index >= 15 is 0 Å². The van der Waals surface area contributed by atoms with E-state index in [1.165, 1.54) is 4.90 Å². The van der Waals surface area contributed by atoms with Crippen molar-refractivity contribution in [2.45, 2.75) is 6.92 Å².